The van der Waals surface area contributed by atoms with Gasteiger partial charge in [0.05, 0.1) is 251 Å². The lowest BCUT2D eigenvalue weighted by Crippen LogP contribution is -2.51. The minimum atomic E-state index is -0.347. The van der Waals surface area contributed by atoms with E-state index in [0.717, 1.165) is 54.8 Å². The van der Waals surface area contributed by atoms with Crippen molar-refractivity contribution in [1.29, 1.82) is 0 Å². The van der Waals surface area contributed by atoms with E-state index in [1.54, 1.807) is 5.57 Å². The molecular formula is C68H128N2O21. The molecule has 4 aliphatic rings. The van der Waals surface area contributed by atoms with Crippen molar-refractivity contribution in [3.8, 4) is 0 Å². The molecule has 8 unspecified atom stereocenters. The third-order valence-corrected chi connectivity index (χ3v) is 18.0. The fourth-order valence-corrected chi connectivity index (χ4v) is 13.3. The number of hydrogen-bond acceptors (Lipinski definition) is 22. The van der Waals surface area contributed by atoms with Crippen LogP contribution in [0.2, 0.25) is 0 Å². The van der Waals surface area contributed by atoms with Crippen LogP contribution in [0.4, 0.5) is 4.79 Å². The Bertz CT molecular complexity index is 1710. The highest BCUT2D eigenvalue weighted by Crippen LogP contribution is 2.67. The third kappa shape index (κ3) is 38.1. The largest absolute Gasteiger partial charge is 0.446 e. The highest BCUT2D eigenvalue weighted by atomic mass is 16.6. The lowest BCUT2D eigenvalue weighted by molar-refractivity contribution is -0.0581. The van der Waals surface area contributed by atoms with E-state index in [1.807, 2.05) is 0 Å². The number of fused-ring (bicyclic) bond motifs is 5. The average molecular weight is 1310 g/mol. The Kier molecular flexibility index (Phi) is 49.6. The van der Waals surface area contributed by atoms with Crippen LogP contribution in [0.5, 0.6) is 0 Å². The number of amides is 1. The molecule has 91 heavy (non-hydrogen) atoms. The molecule has 0 saturated heterocycles. The summed E-state index contributed by atoms with van der Waals surface area (Å²) < 4.78 is 111. The third-order valence-electron chi connectivity index (χ3n) is 18.0. The minimum Gasteiger partial charge on any atom is -0.446 e. The van der Waals surface area contributed by atoms with Crippen molar-refractivity contribution < 1.29 is 99.5 Å². The van der Waals surface area contributed by atoms with Crippen LogP contribution in [0.25, 0.3) is 0 Å². The normalized spacial score (nSPS) is 22.5. The first-order valence-corrected chi connectivity index (χ1v) is 35.0. The summed E-state index contributed by atoms with van der Waals surface area (Å²) in [5.74, 6) is 4.94. The number of nitrogens with two attached hydrogens (primary N) is 1. The molecule has 0 bridgehead atoms. The maximum atomic E-state index is 12.8. The first kappa shape index (κ1) is 81.6. The Hall–Kier alpha value is -1.79. The van der Waals surface area contributed by atoms with Gasteiger partial charge in [0, 0.05) is 19.5 Å². The standard InChI is InChI=1S/C68H128N2O21/c1-58(2)7-6-8-59(3)63-11-12-64-62-10-9-60-57-61(13-15-67(60,4)65(62)14-16-68(63,64)5)91-66(71)70-18-20-73-22-24-75-26-28-77-30-32-79-34-36-81-38-40-83-42-44-85-46-48-87-50-52-89-54-56-90-55-53-88-51-49-86-47-45-84-43-41-82-39-37-80-35-33-78-31-29-76-27-25-74-23-21-72-19-17-69/h9,58-59,61-65H,6-8,10-57,69H2,1-5H3,(H,70,71). The van der Waals surface area contributed by atoms with Crippen molar-refractivity contribution in [2.75, 3.05) is 264 Å². The van der Waals surface area contributed by atoms with Gasteiger partial charge in [0.1, 0.15) is 6.10 Å². The molecule has 0 radical (unpaired) electrons. The van der Waals surface area contributed by atoms with Crippen molar-refractivity contribution in [3.05, 3.63) is 11.6 Å². The lowest BCUT2D eigenvalue weighted by Gasteiger charge is -2.58. The summed E-state index contributed by atoms with van der Waals surface area (Å²) in [4.78, 5) is 12.8. The van der Waals surface area contributed by atoms with E-state index < -0.39 is 0 Å². The van der Waals surface area contributed by atoms with Crippen LogP contribution >= 0.6 is 0 Å². The molecule has 0 aliphatic heterocycles. The van der Waals surface area contributed by atoms with Gasteiger partial charge in [0.15, 0.2) is 0 Å². The van der Waals surface area contributed by atoms with Gasteiger partial charge in [-0.3, -0.25) is 0 Å². The van der Waals surface area contributed by atoms with Crippen LogP contribution in [0.15, 0.2) is 11.6 Å². The van der Waals surface area contributed by atoms with Crippen molar-refractivity contribution >= 4 is 6.09 Å². The van der Waals surface area contributed by atoms with Crippen LogP contribution in [0.3, 0.4) is 0 Å². The Morgan fingerprint density at radius 1 is 0.440 bits per heavy atom. The SMILES string of the molecule is CC(C)CCCC(C)C1CCC2C3CC=C4CC(OC(=O)NCCOCCOCCOCCOCCOCCOCCOCCOCCOCCOCCOCCOCCOCCOCCOCCOCCOCCOCCOCCN)CCC4(C)C3CCC12C. The van der Waals surface area contributed by atoms with Gasteiger partial charge in [0.2, 0.25) is 0 Å². The van der Waals surface area contributed by atoms with Gasteiger partial charge in [0.25, 0.3) is 0 Å². The summed E-state index contributed by atoms with van der Waals surface area (Å²) >= 11 is 0. The van der Waals surface area contributed by atoms with Gasteiger partial charge < -0.3 is 106 Å². The zero-order chi connectivity index (χ0) is 64.8. The van der Waals surface area contributed by atoms with Gasteiger partial charge >= 0.3 is 6.09 Å². The van der Waals surface area contributed by atoms with E-state index in [1.165, 1.54) is 51.4 Å². The fourth-order valence-electron chi connectivity index (χ4n) is 13.3. The van der Waals surface area contributed by atoms with Crippen molar-refractivity contribution in [2.24, 2.45) is 52.1 Å². The number of allylic oxidation sites excluding steroid dienone is 1. The van der Waals surface area contributed by atoms with Crippen LogP contribution in [-0.4, -0.2) is 276 Å². The molecule has 1 amide bonds. The Balaban J connectivity index is 0.759. The molecule has 0 aromatic carbocycles. The maximum absolute atomic E-state index is 12.8. The molecular weight excluding hydrogens is 1180 g/mol. The predicted octanol–water partition coefficient (Wildman–Crippen LogP) is 7.40. The minimum absolute atomic E-state index is 0.0584. The molecule has 23 nitrogen and oxygen atoms in total. The fraction of sp³-hybridized carbons (Fsp3) is 0.956. The van der Waals surface area contributed by atoms with Crippen molar-refractivity contribution in [2.45, 2.75) is 111 Å². The monoisotopic (exact) mass is 1310 g/mol. The lowest BCUT2D eigenvalue weighted by atomic mass is 9.47. The van der Waals surface area contributed by atoms with E-state index in [9.17, 15) is 4.79 Å². The second-order valence-electron chi connectivity index (χ2n) is 24.9. The molecule has 0 aromatic rings. The molecule has 0 spiro atoms. The molecule has 536 valence electrons. The number of carbonyl (C=O) groups is 1. The first-order valence-electron chi connectivity index (χ1n) is 35.0. The Labute approximate surface area is 548 Å². The van der Waals surface area contributed by atoms with Gasteiger partial charge in [-0.2, -0.15) is 0 Å². The Morgan fingerprint density at radius 2 is 0.780 bits per heavy atom. The van der Waals surface area contributed by atoms with Gasteiger partial charge in [-0.1, -0.05) is 65.5 Å². The molecule has 3 saturated carbocycles. The highest BCUT2D eigenvalue weighted by Gasteiger charge is 2.59. The molecule has 3 N–H and O–H groups in total. The van der Waals surface area contributed by atoms with Gasteiger partial charge in [-0.25, -0.2) is 4.79 Å². The maximum Gasteiger partial charge on any atom is 0.407 e. The van der Waals surface area contributed by atoms with Crippen LogP contribution in [0.1, 0.15) is 105 Å². The first-order chi connectivity index (χ1) is 44.7. The number of ether oxygens (including phenoxy) is 20. The van der Waals surface area contributed by atoms with Gasteiger partial charge in [-0.05, 0) is 91.3 Å². The summed E-state index contributed by atoms with van der Waals surface area (Å²) in [6, 6.07) is 0. The molecule has 8 atom stereocenters. The molecule has 0 heterocycles. The molecule has 23 heteroatoms. The topological polar surface area (TPSA) is 240 Å². The number of alkyl carbamates (subject to hydrolysis) is 1. The second kappa shape index (κ2) is 55.2. The number of carbonyl (C=O) groups excluding carboxylic acids is 1. The molecule has 3 fully saturated rings. The summed E-state index contributed by atoms with van der Waals surface area (Å²) in [5, 5.41) is 2.89. The molecule has 4 aliphatic carbocycles. The molecule has 0 aromatic heterocycles. The summed E-state index contributed by atoms with van der Waals surface area (Å²) in [6.45, 7) is 32.1. The number of nitrogens with one attached hydrogen (secondary N) is 1. The number of hydrogen-bond donors (Lipinski definition) is 2. The molecule has 4 rings (SSSR count). The zero-order valence-corrected chi connectivity index (χ0v) is 57.3. The second-order valence-corrected chi connectivity index (χ2v) is 24.9. The average Bonchev–Trinajstić information content (AvgIpc) is 1.71. The van der Waals surface area contributed by atoms with Gasteiger partial charge in [-0.15, -0.1) is 0 Å². The van der Waals surface area contributed by atoms with E-state index in [0.29, 0.717) is 270 Å². The number of rotatable bonds is 65. The van der Waals surface area contributed by atoms with Crippen molar-refractivity contribution in [1.82, 2.24) is 5.32 Å². The summed E-state index contributed by atoms with van der Waals surface area (Å²) in [5.41, 5.74) is 7.64. The van der Waals surface area contributed by atoms with Crippen LogP contribution < -0.4 is 11.1 Å². The highest BCUT2D eigenvalue weighted by molar-refractivity contribution is 5.67. The van der Waals surface area contributed by atoms with E-state index in [4.69, 9.17) is 100 Å². The zero-order valence-electron chi connectivity index (χ0n) is 57.3. The summed E-state index contributed by atoms with van der Waals surface area (Å²) in [7, 11) is 0. The van der Waals surface area contributed by atoms with Crippen LogP contribution in [-0.2, 0) is 94.7 Å². The smallest absolute Gasteiger partial charge is 0.407 e. The van der Waals surface area contributed by atoms with Crippen LogP contribution in [0, 0.1) is 46.3 Å². The predicted molar refractivity (Wildman–Crippen MR) is 346 cm³/mol. The van der Waals surface area contributed by atoms with E-state index >= 15 is 0 Å². The van der Waals surface area contributed by atoms with E-state index in [2.05, 4.69) is 46.0 Å². The quantitative estimate of drug-likeness (QED) is 0.0445. The Morgan fingerprint density at radius 3 is 1.12 bits per heavy atom. The van der Waals surface area contributed by atoms with Crippen molar-refractivity contribution in [3.63, 3.8) is 0 Å². The van der Waals surface area contributed by atoms with E-state index in [-0.39, 0.29) is 17.6 Å². The summed E-state index contributed by atoms with van der Waals surface area (Å²) in [6.07, 6.45) is 16.0.